The highest BCUT2D eigenvalue weighted by Crippen LogP contribution is 2.20. The number of nitrogens with zero attached hydrogens (tertiary/aromatic N) is 2. The van der Waals surface area contributed by atoms with Gasteiger partial charge in [-0.1, -0.05) is 48.8 Å². The number of carbonyl (C=O) groups is 1. The van der Waals surface area contributed by atoms with Gasteiger partial charge in [0.15, 0.2) is 0 Å². The molecule has 1 amide bonds. The van der Waals surface area contributed by atoms with Crippen molar-refractivity contribution in [3.05, 3.63) is 52.3 Å². The molecule has 0 saturated heterocycles. The van der Waals surface area contributed by atoms with E-state index >= 15 is 0 Å². The first-order valence-corrected chi connectivity index (χ1v) is 7.24. The quantitative estimate of drug-likeness (QED) is 0.935. The molecule has 0 aliphatic carbocycles. The van der Waals surface area contributed by atoms with Gasteiger partial charge in [-0.2, -0.15) is 9.89 Å². The number of carbonyl (C=O) groups excluding carboxylic acids is 1. The van der Waals surface area contributed by atoms with Crippen molar-refractivity contribution in [3.63, 3.8) is 0 Å². The number of hydrogen-bond acceptors (Lipinski definition) is 2. The van der Waals surface area contributed by atoms with Crippen LogP contribution in [0.15, 0.2) is 41.0 Å². The summed E-state index contributed by atoms with van der Waals surface area (Å²) in [6.45, 7) is 6.25. The first kappa shape index (κ1) is 14.8. The Bertz CT molecular complexity index is 596. The van der Waals surface area contributed by atoms with Gasteiger partial charge in [-0.3, -0.25) is 4.79 Å². The van der Waals surface area contributed by atoms with Crippen molar-refractivity contribution in [1.29, 1.82) is 0 Å². The lowest BCUT2D eigenvalue weighted by molar-refractivity contribution is -0.116. The van der Waals surface area contributed by atoms with E-state index in [1.165, 1.54) is 0 Å². The van der Waals surface area contributed by atoms with Gasteiger partial charge in [-0.05, 0) is 23.8 Å². The number of aromatic nitrogens is 2. The Hall–Kier alpha value is -1.62. The van der Waals surface area contributed by atoms with Crippen molar-refractivity contribution in [2.24, 2.45) is 0 Å². The van der Waals surface area contributed by atoms with Gasteiger partial charge in [-0.15, -0.1) is 0 Å². The zero-order valence-electron chi connectivity index (χ0n) is 11.9. The normalized spacial score (nSPS) is 11.4. The lowest BCUT2D eigenvalue weighted by Gasteiger charge is -2.20. The van der Waals surface area contributed by atoms with Crippen molar-refractivity contribution in [2.75, 3.05) is 5.43 Å². The van der Waals surface area contributed by atoms with Crippen LogP contribution in [-0.4, -0.2) is 15.8 Å². The topological polar surface area (TPSA) is 46.9 Å². The molecular formula is C15H18BrN3O. The summed E-state index contributed by atoms with van der Waals surface area (Å²) in [5.41, 5.74) is 4.69. The second-order valence-corrected chi connectivity index (χ2v) is 6.63. The van der Waals surface area contributed by atoms with E-state index < -0.39 is 0 Å². The van der Waals surface area contributed by atoms with Crippen LogP contribution in [0.2, 0.25) is 0 Å². The van der Waals surface area contributed by atoms with Crippen LogP contribution in [0.25, 0.3) is 0 Å². The smallest absolute Gasteiger partial charge is 0.244 e. The minimum atomic E-state index is -0.0819. The number of hydrogen-bond donors (Lipinski definition) is 1. The standard InChI is InChI=1S/C15H18BrN3O/c1-15(2,3)13-8-9-17-19(13)18-14(20)10-11-4-6-12(16)7-5-11/h4-9H,10H2,1-3H3,(H,18,20). The number of rotatable bonds is 3. The maximum atomic E-state index is 12.1. The zero-order chi connectivity index (χ0) is 14.8. The summed E-state index contributed by atoms with van der Waals surface area (Å²) < 4.78 is 1.00. The highest BCUT2D eigenvalue weighted by Gasteiger charge is 2.19. The molecule has 0 spiro atoms. The van der Waals surface area contributed by atoms with Crippen LogP contribution in [0, 0.1) is 0 Å². The molecule has 2 aromatic rings. The van der Waals surface area contributed by atoms with Crippen LogP contribution in [0.1, 0.15) is 32.0 Å². The van der Waals surface area contributed by atoms with E-state index in [0.29, 0.717) is 6.42 Å². The fraction of sp³-hybridized carbons (Fsp3) is 0.333. The molecule has 0 radical (unpaired) electrons. The second-order valence-electron chi connectivity index (χ2n) is 5.72. The summed E-state index contributed by atoms with van der Waals surface area (Å²) >= 11 is 3.38. The molecule has 4 nitrogen and oxygen atoms in total. The van der Waals surface area contributed by atoms with Crippen LogP contribution in [0.4, 0.5) is 0 Å². The summed E-state index contributed by atoms with van der Waals surface area (Å²) in [5, 5.41) is 4.16. The van der Waals surface area contributed by atoms with Crippen molar-refractivity contribution in [3.8, 4) is 0 Å². The van der Waals surface area contributed by atoms with E-state index in [-0.39, 0.29) is 11.3 Å². The molecule has 1 heterocycles. The van der Waals surface area contributed by atoms with E-state index in [1.807, 2.05) is 30.3 Å². The van der Waals surface area contributed by atoms with Crippen molar-refractivity contribution >= 4 is 21.8 Å². The summed E-state index contributed by atoms with van der Waals surface area (Å²) in [5.74, 6) is -0.0819. The predicted molar refractivity (Wildman–Crippen MR) is 83.1 cm³/mol. The highest BCUT2D eigenvalue weighted by molar-refractivity contribution is 9.10. The van der Waals surface area contributed by atoms with Crippen LogP contribution in [0.3, 0.4) is 0 Å². The molecule has 2 rings (SSSR count). The van der Waals surface area contributed by atoms with Gasteiger partial charge in [0.05, 0.1) is 18.3 Å². The molecular weight excluding hydrogens is 318 g/mol. The Balaban J connectivity index is 2.05. The van der Waals surface area contributed by atoms with E-state index in [9.17, 15) is 4.79 Å². The third-order valence-corrected chi connectivity index (χ3v) is 3.45. The van der Waals surface area contributed by atoms with Crippen molar-refractivity contribution < 1.29 is 4.79 Å². The van der Waals surface area contributed by atoms with Crippen molar-refractivity contribution in [2.45, 2.75) is 32.6 Å². The lowest BCUT2D eigenvalue weighted by atomic mass is 9.92. The zero-order valence-corrected chi connectivity index (χ0v) is 13.4. The van der Waals surface area contributed by atoms with Gasteiger partial charge in [0.25, 0.3) is 0 Å². The minimum Gasteiger partial charge on any atom is -0.273 e. The SMILES string of the molecule is CC(C)(C)c1ccnn1NC(=O)Cc1ccc(Br)cc1. The maximum absolute atomic E-state index is 12.1. The van der Waals surface area contributed by atoms with Crippen molar-refractivity contribution in [1.82, 2.24) is 9.89 Å². The molecule has 5 heteroatoms. The number of halogens is 1. The molecule has 1 aromatic carbocycles. The van der Waals surface area contributed by atoms with Crippen LogP contribution in [0.5, 0.6) is 0 Å². The molecule has 0 unspecified atom stereocenters. The fourth-order valence-electron chi connectivity index (χ4n) is 1.91. The Labute approximate surface area is 127 Å². The van der Waals surface area contributed by atoms with E-state index in [1.54, 1.807) is 11.0 Å². The summed E-state index contributed by atoms with van der Waals surface area (Å²) in [6, 6.07) is 9.63. The molecule has 0 saturated carbocycles. The Morgan fingerprint density at radius 2 is 1.90 bits per heavy atom. The first-order chi connectivity index (χ1) is 9.36. The predicted octanol–water partition coefficient (Wildman–Crippen LogP) is 3.26. The third kappa shape index (κ3) is 3.70. The number of amides is 1. The van der Waals surface area contributed by atoms with E-state index in [2.05, 4.69) is 47.2 Å². The van der Waals surface area contributed by atoms with Gasteiger partial charge in [0.2, 0.25) is 5.91 Å². The first-order valence-electron chi connectivity index (χ1n) is 6.45. The fourth-order valence-corrected chi connectivity index (χ4v) is 2.17. The molecule has 106 valence electrons. The van der Waals surface area contributed by atoms with Gasteiger partial charge < -0.3 is 0 Å². The van der Waals surface area contributed by atoms with E-state index in [4.69, 9.17) is 0 Å². The van der Waals surface area contributed by atoms with Crippen LogP contribution >= 0.6 is 15.9 Å². The molecule has 1 N–H and O–H groups in total. The molecule has 0 fully saturated rings. The third-order valence-electron chi connectivity index (χ3n) is 2.92. The number of benzene rings is 1. The molecule has 0 aliphatic heterocycles. The maximum Gasteiger partial charge on any atom is 0.244 e. The molecule has 0 atom stereocenters. The second kappa shape index (κ2) is 5.79. The van der Waals surface area contributed by atoms with Gasteiger partial charge in [0.1, 0.15) is 0 Å². The lowest BCUT2D eigenvalue weighted by Crippen LogP contribution is -2.30. The summed E-state index contributed by atoms with van der Waals surface area (Å²) in [6.07, 6.45) is 2.03. The highest BCUT2D eigenvalue weighted by atomic mass is 79.9. The summed E-state index contributed by atoms with van der Waals surface area (Å²) in [7, 11) is 0. The van der Waals surface area contributed by atoms with Gasteiger partial charge >= 0.3 is 0 Å². The monoisotopic (exact) mass is 335 g/mol. The largest absolute Gasteiger partial charge is 0.273 e. The molecule has 1 aromatic heterocycles. The number of nitrogens with one attached hydrogen (secondary N) is 1. The van der Waals surface area contributed by atoms with Crippen LogP contribution < -0.4 is 5.43 Å². The van der Waals surface area contributed by atoms with E-state index in [0.717, 1.165) is 15.7 Å². The molecule has 20 heavy (non-hydrogen) atoms. The summed E-state index contributed by atoms with van der Waals surface area (Å²) in [4.78, 5) is 13.6. The minimum absolute atomic E-state index is 0.0681. The average Bonchev–Trinajstić information content (AvgIpc) is 2.80. The van der Waals surface area contributed by atoms with Gasteiger partial charge in [0, 0.05) is 9.89 Å². The average molecular weight is 336 g/mol. The Morgan fingerprint density at radius 3 is 2.50 bits per heavy atom. The Kier molecular flexibility index (Phi) is 4.28. The Morgan fingerprint density at radius 1 is 1.25 bits per heavy atom. The van der Waals surface area contributed by atoms with Crippen LogP contribution in [-0.2, 0) is 16.6 Å². The van der Waals surface area contributed by atoms with Gasteiger partial charge in [-0.25, -0.2) is 5.43 Å². The molecule has 0 aliphatic rings. The molecule has 0 bridgehead atoms.